The summed E-state index contributed by atoms with van der Waals surface area (Å²) in [4.78, 5) is 12.0. The number of rotatable bonds is 20. The van der Waals surface area contributed by atoms with E-state index < -0.39 is 0 Å². The zero-order chi connectivity index (χ0) is 20.2. The van der Waals surface area contributed by atoms with Crippen molar-refractivity contribution in [2.24, 2.45) is 5.92 Å². The average Bonchev–Trinajstić information content (AvgIpc) is 2.65. The molecule has 0 rings (SSSR count). The molecular weight excluding hydrogens is 332 g/mol. The Bertz CT molecular complexity index is 291. The second-order valence-electron chi connectivity index (χ2n) is 8.74. The molecule has 0 amide bonds. The maximum Gasteiger partial charge on any atom is 0.308 e. The van der Waals surface area contributed by atoms with Crippen molar-refractivity contribution in [2.75, 3.05) is 0 Å². The second kappa shape index (κ2) is 20.2. The van der Waals surface area contributed by atoms with Crippen molar-refractivity contribution < 1.29 is 9.53 Å². The van der Waals surface area contributed by atoms with E-state index in [2.05, 4.69) is 13.8 Å². The molecule has 2 heteroatoms. The summed E-state index contributed by atoms with van der Waals surface area (Å²) in [6.07, 6.45) is 23.7. The van der Waals surface area contributed by atoms with E-state index in [0.717, 1.165) is 12.8 Å². The zero-order valence-electron chi connectivity index (χ0n) is 19.2. The Labute approximate surface area is 171 Å². The molecule has 0 saturated heterocycles. The quantitative estimate of drug-likeness (QED) is 0.155. The number of esters is 1. The lowest BCUT2D eigenvalue weighted by Gasteiger charge is -2.19. The molecule has 0 aromatic carbocycles. The summed E-state index contributed by atoms with van der Waals surface area (Å²) in [5, 5.41) is 0. The summed E-state index contributed by atoms with van der Waals surface area (Å²) < 4.78 is 5.79. The molecular formula is C25H50O2. The molecule has 27 heavy (non-hydrogen) atoms. The first kappa shape index (κ1) is 26.5. The SMILES string of the molecule is CCCCCCCCCCC(CCCCCCCCCC)OC(=O)C(C)C. The highest BCUT2D eigenvalue weighted by atomic mass is 16.5. The molecule has 0 aliphatic heterocycles. The molecule has 0 atom stereocenters. The Balaban J connectivity index is 3.86. The van der Waals surface area contributed by atoms with Crippen LogP contribution >= 0.6 is 0 Å². The third-order valence-corrected chi connectivity index (χ3v) is 5.51. The van der Waals surface area contributed by atoms with Gasteiger partial charge in [-0.25, -0.2) is 0 Å². The Hall–Kier alpha value is -0.530. The van der Waals surface area contributed by atoms with Gasteiger partial charge in [0.15, 0.2) is 0 Å². The van der Waals surface area contributed by atoms with Gasteiger partial charge in [-0.3, -0.25) is 4.79 Å². The lowest BCUT2D eigenvalue weighted by molar-refractivity contribution is -0.153. The van der Waals surface area contributed by atoms with E-state index in [0.29, 0.717) is 0 Å². The summed E-state index contributed by atoms with van der Waals surface area (Å²) in [6.45, 7) is 8.41. The maximum absolute atomic E-state index is 12.0. The topological polar surface area (TPSA) is 26.3 Å². The van der Waals surface area contributed by atoms with Crippen LogP contribution in [0.3, 0.4) is 0 Å². The Morgan fingerprint density at radius 2 is 0.926 bits per heavy atom. The Morgan fingerprint density at radius 1 is 0.593 bits per heavy atom. The van der Waals surface area contributed by atoms with Crippen molar-refractivity contribution >= 4 is 5.97 Å². The van der Waals surface area contributed by atoms with Crippen LogP contribution in [0.4, 0.5) is 0 Å². The van der Waals surface area contributed by atoms with E-state index in [9.17, 15) is 4.79 Å². The van der Waals surface area contributed by atoms with E-state index in [1.807, 2.05) is 13.8 Å². The number of ether oxygens (including phenoxy) is 1. The Morgan fingerprint density at radius 3 is 1.26 bits per heavy atom. The fourth-order valence-corrected chi connectivity index (χ4v) is 3.57. The van der Waals surface area contributed by atoms with Crippen LogP contribution in [0.15, 0.2) is 0 Å². The van der Waals surface area contributed by atoms with Gasteiger partial charge in [0.05, 0.1) is 5.92 Å². The van der Waals surface area contributed by atoms with Gasteiger partial charge in [0, 0.05) is 0 Å². The average molecular weight is 383 g/mol. The van der Waals surface area contributed by atoms with Gasteiger partial charge in [-0.1, -0.05) is 118 Å². The highest BCUT2D eigenvalue weighted by molar-refractivity contribution is 5.71. The fraction of sp³-hybridized carbons (Fsp3) is 0.960. The molecule has 0 aliphatic rings. The van der Waals surface area contributed by atoms with Crippen LogP contribution in [0, 0.1) is 5.92 Å². The summed E-state index contributed by atoms with van der Waals surface area (Å²) in [5.74, 6) is -0.0243. The highest BCUT2D eigenvalue weighted by Gasteiger charge is 2.16. The smallest absolute Gasteiger partial charge is 0.308 e. The molecule has 0 radical (unpaired) electrons. The first-order valence-corrected chi connectivity index (χ1v) is 12.3. The minimum absolute atomic E-state index is 0.00960. The molecule has 0 spiro atoms. The third kappa shape index (κ3) is 18.6. The van der Waals surface area contributed by atoms with Crippen LogP contribution in [-0.4, -0.2) is 12.1 Å². The summed E-state index contributed by atoms with van der Waals surface area (Å²) in [6, 6.07) is 0. The summed E-state index contributed by atoms with van der Waals surface area (Å²) in [5.41, 5.74) is 0. The highest BCUT2D eigenvalue weighted by Crippen LogP contribution is 2.18. The minimum Gasteiger partial charge on any atom is -0.462 e. The van der Waals surface area contributed by atoms with Gasteiger partial charge in [-0.2, -0.15) is 0 Å². The normalized spacial score (nSPS) is 11.5. The van der Waals surface area contributed by atoms with Crippen LogP contribution < -0.4 is 0 Å². The van der Waals surface area contributed by atoms with Gasteiger partial charge >= 0.3 is 5.97 Å². The van der Waals surface area contributed by atoms with Crippen molar-refractivity contribution in [2.45, 2.75) is 149 Å². The number of unbranched alkanes of at least 4 members (excludes halogenated alkanes) is 14. The van der Waals surface area contributed by atoms with Crippen LogP contribution in [0.2, 0.25) is 0 Å². The number of hydrogen-bond donors (Lipinski definition) is 0. The number of carbonyl (C=O) groups is 1. The van der Waals surface area contributed by atoms with Crippen LogP contribution in [0.1, 0.15) is 143 Å². The first-order chi connectivity index (χ1) is 13.1. The van der Waals surface area contributed by atoms with Crippen molar-refractivity contribution in [3.63, 3.8) is 0 Å². The number of carbonyl (C=O) groups excluding carboxylic acids is 1. The van der Waals surface area contributed by atoms with Gasteiger partial charge in [-0.15, -0.1) is 0 Å². The first-order valence-electron chi connectivity index (χ1n) is 12.3. The molecule has 0 saturated carbocycles. The van der Waals surface area contributed by atoms with E-state index in [-0.39, 0.29) is 18.0 Å². The lowest BCUT2D eigenvalue weighted by atomic mass is 10.0. The summed E-state index contributed by atoms with van der Waals surface area (Å²) >= 11 is 0. The van der Waals surface area contributed by atoms with E-state index in [1.165, 1.54) is 103 Å². The minimum atomic E-state index is -0.0147. The third-order valence-electron chi connectivity index (χ3n) is 5.51. The molecule has 0 N–H and O–H groups in total. The largest absolute Gasteiger partial charge is 0.462 e. The monoisotopic (exact) mass is 382 g/mol. The van der Waals surface area contributed by atoms with Crippen molar-refractivity contribution in [1.82, 2.24) is 0 Å². The molecule has 0 aromatic rings. The van der Waals surface area contributed by atoms with Gasteiger partial charge in [0.25, 0.3) is 0 Å². The lowest BCUT2D eigenvalue weighted by Crippen LogP contribution is -2.21. The molecule has 0 unspecified atom stereocenters. The maximum atomic E-state index is 12.0. The predicted octanol–water partition coefficient (Wildman–Crippen LogP) is 8.62. The summed E-state index contributed by atoms with van der Waals surface area (Å²) in [7, 11) is 0. The fourth-order valence-electron chi connectivity index (χ4n) is 3.57. The predicted molar refractivity (Wildman–Crippen MR) is 119 cm³/mol. The van der Waals surface area contributed by atoms with Crippen molar-refractivity contribution in [3.05, 3.63) is 0 Å². The second-order valence-corrected chi connectivity index (χ2v) is 8.74. The van der Waals surface area contributed by atoms with E-state index in [4.69, 9.17) is 4.74 Å². The van der Waals surface area contributed by atoms with E-state index >= 15 is 0 Å². The standard InChI is InChI=1S/C25H50O2/c1-5-7-9-11-13-15-17-19-21-24(27-25(26)23(3)4)22-20-18-16-14-12-10-8-6-2/h23-24H,5-22H2,1-4H3. The van der Waals surface area contributed by atoms with Crippen molar-refractivity contribution in [1.29, 1.82) is 0 Å². The van der Waals surface area contributed by atoms with E-state index in [1.54, 1.807) is 0 Å². The zero-order valence-corrected chi connectivity index (χ0v) is 19.2. The van der Waals surface area contributed by atoms with Gasteiger partial charge in [-0.05, 0) is 25.7 Å². The van der Waals surface area contributed by atoms with Crippen molar-refractivity contribution in [3.8, 4) is 0 Å². The van der Waals surface area contributed by atoms with Crippen LogP contribution in [-0.2, 0) is 9.53 Å². The molecule has 0 aromatic heterocycles. The Kier molecular flexibility index (Phi) is 19.8. The van der Waals surface area contributed by atoms with Crippen LogP contribution in [0.5, 0.6) is 0 Å². The van der Waals surface area contributed by atoms with Gasteiger partial charge in [0.1, 0.15) is 6.10 Å². The van der Waals surface area contributed by atoms with Gasteiger partial charge < -0.3 is 4.74 Å². The molecule has 2 nitrogen and oxygen atoms in total. The molecule has 0 fully saturated rings. The molecule has 0 bridgehead atoms. The van der Waals surface area contributed by atoms with Crippen LogP contribution in [0.25, 0.3) is 0 Å². The number of hydrogen-bond acceptors (Lipinski definition) is 2. The molecule has 162 valence electrons. The molecule has 0 aliphatic carbocycles. The van der Waals surface area contributed by atoms with Gasteiger partial charge in [0.2, 0.25) is 0 Å². The molecule has 0 heterocycles.